The number of piperidine rings is 1. The van der Waals surface area contributed by atoms with Crippen molar-refractivity contribution in [2.24, 2.45) is 17.6 Å². The second-order valence-electron chi connectivity index (χ2n) is 13.2. The third-order valence-electron chi connectivity index (χ3n) is 10.5. The number of aryl methyl sites for hydroxylation is 1. The van der Waals surface area contributed by atoms with Crippen LogP contribution >= 0.6 is 0 Å². The van der Waals surface area contributed by atoms with Gasteiger partial charge in [0.1, 0.15) is 6.04 Å². The Morgan fingerprint density at radius 3 is 2.35 bits per heavy atom. The number of carboxylic acids is 1. The van der Waals surface area contributed by atoms with Crippen molar-refractivity contribution in [3.8, 4) is 11.3 Å². The van der Waals surface area contributed by atoms with Gasteiger partial charge in [0.05, 0.1) is 11.4 Å². The number of benzene rings is 2. The minimum Gasteiger partial charge on any atom is -0.480 e. The average Bonchev–Trinajstić information content (AvgIpc) is 3.67. The molecule has 6 rings (SSSR count). The van der Waals surface area contributed by atoms with Crippen molar-refractivity contribution in [3.05, 3.63) is 77.5 Å². The summed E-state index contributed by atoms with van der Waals surface area (Å²) in [5, 5.41) is 15.4. The molecule has 3 atom stereocenters. The van der Waals surface area contributed by atoms with E-state index in [0.29, 0.717) is 24.3 Å². The van der Waals surface area contributed by atoms with Crippen molar-refractivity contribution in [3.63, 3.8) is 0 Å². The van der Waals surface area contributed by atoms with Crippen molar-refractivity contribution in [1.29, 1.82) is 0 Å². The van der Waals surface area contributed by atoms with Gasteiger partial charge in [0.25, 0.3) is 0 Å². The van der Waals surface area contributed by atoms with Crippen LogP contribution in [0.15, 0.2) is 60.7 Å². The Balaban J connectivity index is 1.13. The molecular weight excluding hydrogens is 534 g/mol. The van der Waals surface area contributed by atoms with Crippen LogP contribution in [-0.2, 0) is 17.9 Å². The molecule has 7 nitrogen and oxygen atoms in total. The molecule has 1 aromatic heterocycles. The van der Waals surface area contributed by atoms with Gasteiger partial charge >= 0.3 is 5.97 Å². The average molecular weight is 584 g/mol. The summed E-state index contributed by atoms with van der Waals surface area (Å²) in [5.74, 6) is 0.938. The number of carbonyl (C=O) groups is 1. The van der Waals surface area contributed by atoms with Gasteiger partial charge in [-0.15, -0.1) is 0 Å². The highest BCUT2D eigenvalue weighted by Gasteiger charge is 2.43. The maximum absolute atomic E-state index is 12.6. The first-order chi connectivity index (χ1) is 21.0. The van der Waals surface area contributed by atoms with E-state index < -0.39 is 5.97 Å². The van der Waals surface area contributed by atoms with Crippen molar-refractivity contribution >= 4 is 5.97 Å². The van der Waals surface area contributed by atoms with E-state index in [9.17, 15) is 9.90 Å². The van der Waals surface area contributed by atoms with Gasteiger partial charge in [0.15, 0.2) is 0 Å². The van der Waals surface area contributed by atoms with Crippen molar-refractivity contribution in [1.82, 2.24) is 19.6 Å². The summed E-state index contributed by atoms with van der Waals surface area (Å²) in [6.45, 7) is 8.45. The molecule has 3 aromatic rings. The summed E-state index contributed by atoms with van der Waals surface area (Å²) in [4.78, 5) is 17.6. The zero-order valence-corrected chi connectivity index (χ0v) is 25.8. The molecule has 3 fully saturated rings. The first-order valence-corrected chi connectivity index (χ1v) is 16.6. The van der Waals surface area contributed by atoms with Crippen LogP contribution in [0.5, 0.6) is 0 Å². The van der Waals surface area contributed by atoms with Gasteiger partial charge in [-0.3, -0.25) is 14.4 Å². The third-order valence-corrected chi connectivity index (χ3v) is 10.5. The van der Waals surface area contributed by atoms with Crippen LogP contribution in [0.3, 0.4) is 0 Å². The van der Waals surface area contributed by atoms with Crippen LogP contribution in [0.25, 0.3) is 11.3 Å². The molecule has 43 heavy (non-hydrogen) atoms. The summed E-state index contributed by atoms with van der Waals surface area (Å²) in [6, 6.07) is 21.3. The monoisotopic (exact) mass is 583 g/mol. The van der Waals surface area contributed by atoms with E-state index in [1.54, 1.807) is 0 Å². The molecule has 3 heterocycles. The van der Waals surface area contributed by atoms with Crippen LogP contribution in [-0.4, -0.2) is 69.4 Å². The Morgan fingerprint density at radius 1 is 0.977 bits per heavy atom. The van der Waals surface area contributed by atoms with E-state index in [2.05, 4.69) is 82.1 Å². The SMILES string of the molecule is CCn1nc(C2CCN(CC3CN(C(C(=O)O)C4CCCCC4)CC3c3ccccc3)CC2)cc1-c1ccc(CN)cc1. The maximum atomic E-state index is 12.6. The molecule has 3 unspecified atom stereocenters. The number of rotatable bonds is 10. The molecule has 230 valence electrons. The van der Waals surface area contributed by atoms with Gasteiger partial charge < -0.3 is 15.7 Å². The fourth-order valence-electron chi connectivity index (χ4n) is 8.16. The van der Waals surface area contributed by atoms with Gasteiger partial charge in [-0.2, -0.15) is 5.10 Å². The quantitative estimate of drug-likeness (QED) is 0.306. The van der Waals surface area contributed by atoms with Crippen LogP contribution in [0, 0.1) is 11.8 Å². The molecule has 0 bridgehead atoms. The molecule has 3 aliphatic rings. The van der Waals surface area contributed by atoms with Crippen LogP contribution < -0.4 is 5.73 Å². The molecule has 2 aromatic carbocycles. The van der Waals surface area contributed by atoms with E-state index in [0.717, 1.165) is 70.5 Å². The van der Waals surface area contributed by atoms with E-state index in [-0.39, 0.29) is 12.0 Å². The number of aromatic nitrogens is 2. The molecular formula is C36H49N5O2. The highest BCUT2D eigenvalue weighted by atomic mass is 16.4. The maximum Gasteiger partial charge on any atom is 0.321 e. The fraction of sp³-hybridized carbons (Fsp3) is 0.556. The second-order valence-corrected chi connectivity index (χ2v) is 13.2. The van der Waals surface area contributed by atoms with E-state index in [1.807, 2.05) is 0 Å². The molecule has 0 spiro atoms. The minimum atomic E-state index is -0.624. The number of hydrogen-bond donors (Lipinski definition) is 2. The van der Waals surface area contributed by atoms with Gasteiger partial charge in [0, 0.05) is 44.6 Å². The molecule has 3 N–H and O–H groups in total. The van der Waals surface area contributed by atoms with E-state index in [4.69, 9.17) is 10.8 Å². The van der Waals surface area contributed by atoms with Gasteiger partial charge in [-0.05, 0) is 80.3 Å². The van der Waals surface area contributed by atoms with Crippen molar-refractivity contribution in [2.75, 3.05) is 32.7 Å². The number of nitrogens with zero attached hydrogens (tertiary/aromatic N) is 4. The van der Waals surface area contributed by atoms with Crippen LogP contribution in [0.4, 0.5) is 0 Å². The summed E-state index contributed by atoms with van der Waals surface area (Å²) in [5.41, 5.74) is 11.9. The summed E-state index contributed by atoms with van der Waals surface area (Å²) in [7, 11) is 0. The predicted octanol–water partition coefficient (Wildman–Crippen LogP) is 5.96. The smallest absolute Gasteiger partial charge is 0.321 e. The van der Waals surface area contributed by atoms with Gasteiger partial charge in [-0.1, -0.05) is 73.9 Å². The fourth-order valence-corrected chi connectivity index (χ4v) is 8.16. The number of likely N-dealkylation sites (tertiary alicyclic amines) is 2. The Kier molecular flexibility index (Phi) is 9.61. The highest BCUT2D eigenvalue weighted by Crippen LogP contribution is 2.39. The van der Waals surface area contributed by atoms with Gasteiger partial charge in [0.2, 0.25) is 0 Å². The molecule has 0 radical (unpaired) electrons. The first-order valence-electron chi connectivity index (χ1n) is 16.6. The summed E-state index contributed by atoms with van der Waals surface area (Å²) < 4.78 is 2.14. The zero-order chi connectivity index (χ0) is 29.8. The van der Waals surface area contributed by atoms with Crippen molar-refractivity contribution < 1.29 is 9.90 Å². The van der Waals surface area contributed by atoms with Crippen LogP contribution in [0.2, 0.25) is 0 Å². The number of hydrogen-bond acceptors (Lipinski definition) is 5. The van der Waals surface area contributed by atoms with E-state index >= 15 is 0 Å². The Bertz CT molecular complexity index is 1330. The van der Waals surface area contributed by atoms with Crippen LogP contribution in [0.1, 0.15) is 80.5 Å². The second kappa shape index (κ2) is 13.7. The standard InChI is InChI=1S/C36H49N5O2/c1-2-41-34(29-15-13-26(22-37)14-16-29)21-33(38-41)28-17-19-39(20-18-28)23-31-24-40(25-32(31)27-9-5-3-6-10-27)35(36(42)43)30-11-7-4-8-12-30/h3,5-6,9-10,13-16,21,28,30-32,35H,2,4,7-8,11-12,17-20,22-25,37H2,1H3,(H,42,43). The lowest BCUT2D eigenvalue weighted by Gasteiger charge is -2.35. The topological polar surface area (TPSA) is 87.6 Å². The third kappa shape index (κ3) is 6.74. The Labute approximate surface area is 257 Å². The summed E-state index contributed by atoms with van der Waals surface area (Å²) >= 11 is 0. The number of aliphatic carboxylic acids is 1. The molecule has 2 saturated heterocycles. The van der Waals surface area contributed by atoms with Gasteiger partial charge in [-0.25, -0.2) is 0 Å². The minimum absolute atomic E-state index is 0.281. The number of carboxylic acid groups (broad SMARTS) is 1. The Morgan fingerprint density at radius 2 is 1.70 bits per heavy atom. The molecule has 2 aliphatic heterocycles. The Hall–Kier alpha value is -3.00. The molecule has 1 aliphatic carbocycles. The lowest BCUT2D eigenvalue weighted by molar-refractivity contribution is -0.145. The molecule has 1 saturated carbocycles. The summed E-state index contributed by atoms with van der Waals surface area (Å²) in [6.07, 6.45) is 7.90. The van der Waals surface area contributed by atoms with Crippen molar-refractivity contribution in [2.45, 2.75) is 82.8 Å². The van der Waals surface area contributed by atoms with E-state index in [1.165, 1.54) is 41.8 Å². The highest BCUT2D eigenvalue weighted by molar-refractivity contribution is 5.74. The first kappa shape index (κ1) is 30.0. The lowest BCUT2D eigenvalue weighted by Crippen LogP contribution is -2.46. The normalized spacial score (nSPS) is 23.5. The lowest BCUT2D eigenvalue weighted by atomic mass is 9.83. The zero-order valence-electron chi connectivity index (χ0n) is 25.8. The largest absolute Gasteiger partial charge is 0.480 e. The predicted molar refractivity (Wildman–Crippen MR) is 172 cm³/mol. The molecule has 7 heteroatoms. The molecule has 0 amide bonds. The number of nitrogens with two attached hydrogens (primary N) is 1.